The second-order valence-corrected chi connectivity index (χ2v) is 7.57. The molecule has 2 aromatic rings. The van der Waals surface area contributed by atoms with Crippen LogP contribution in [0.3, 0.4) is 0 Å². The first kappa shape index (κ1) is 20.0. The fourth-order valence-electron chi connectivity index (χ4n) is 3.42. The van der Waals surface area contributed by atoms with E-state index >= 15 is 0 Å². The summed E-state index contributed by atoms with van der Waals surface area (Å²) in [4.78, 5) is 13.4. The molecule has 2 unspecified atom stereocenters. The van der Waals surface area contributed by atoms with Gasteiger partial charge in [-0.05, 0) is 68.8 Å². The van der Waals surface area contributed by atoms with Crippen LogP contribution < -0.4 is 10.1 Å². The van der Waals surface area contributed by atoms with E-state index in [1.54, 1.807) is 6.92 Å². The first-order chi connectivity index (χ1) is 13.5. The number of carbonyl (C=O) groups is 1. The van der Waals surface area contributed by atoms with Crippen LogP contribution in [-0.4, -0.2) is 43.1 Å². The molecule has 1 amide bonds. The van der Waals surface area contributed by atoms with Gasteiger partial charge in [-0.3, -0.25) is 4.79 Å². The van der Waals surface area contributed by atoms with Gasteiger partial charge in [0.15, 0.2) is 0 Å². The van der Waals surface area contributed by atoms with Crippen LogP contribution >= 0.6 is 0 Å². The number of hydrogen-bond donors (Lipinski definition) is 1. The lowest BCUT2D eigenvalue weighted by Gasteiger charge is -2.13. The Morgan fingerprint density at radius 1 is 1.14 bits per heavy atom. The second kappa shape index (κ2) is 9.43. The van der Waals surface area contributed by atoms with Crippen molar-refractivity contribution in [3.8, 4) is 17.6 Å². The molecule has 1 N–H and O–H groups in total. The van der Waals surface area contributed by atoms with Gasteiger partial charge in [0.1, 0.15) is 11.9 Å². The van der Waals surface area contributed by atoms with E-state index in [9.17, 15) is 4.79 Å². The average Bonchev–Trinajstić information content (AvgIpc) is 3.06. The third-order valence-electron chi connectivity index (χ3n) is 4.80. The normalized spacial score (nSPS) is 17.5. The Hall–Kier alpha value is -2.77. The maximum Gasteiger partial charge on any atom is 0.217 e. The van der Waals surface area contributed by atoms with Gasteiger partial charge in [0.05, 0.1) is 0 Å². The van der Waals surface area contributed by atoms with Crippen molar-refractivity contribution in [3.63, 3.8) is 0 Å². The van der Waals surface area contributed by atoms with Crippen molar-refractivity contribution in [2.24, 2.45) is 0 Å². The number of rotatable bonds is 5. The van der Waals surface area contributed by atoms with Gasteiger partial charge in [-0.25, -0.2) is 0 Å². The van der Waals surface area contributed by atoms with Crippen LogP contribution in [0.1, 0.15) is 37.0 Å². The summed E-state index contributed by atoms with van der Waals surface area (Å²) in [7, 11) is 2.12. The zero-order valence-electron chi connectivity index (χ0n) is 16.9. The number of likely N-dealkylation sites (tertiary alicyclic amines) is 1. The standard InChI is InChI=1S/C24H28N2O2/c1-18(25-19(2)27)16-22-8-6-20(7-9-22)4-5-21-10-12-23(13-11-21)28-24-14-15-26(3)17-24/h6-13,18,24H,14-17H2,1-3H3,(H,25,27). The highest BCUT2D eigenvalue weighted by molar-refractivity contribution is 5.73. The van der Waals surface area contributed by atoms with Gasteiger partial charge in [-0.15, -0.1) is 0 Å². The molecule has 2 aromatic carbocycles. The number of nitrogens with one attached hydrogen (secondary N) is 1. The molecule has 1 heterocycles. The van der Waals surface area contributed by atoms with E-state index in [2.05, 4.69) is 41.2 Å². The summed E-state index contributed by atoms with van der Waals surface area (Å²) in [5.41, 5.74) is 3.13. The van der Waals surface area contributed by atoms with Gasteiger partial charge >= 0.3 is 0 Å². The van der Waals surface area contributed by atoms with Crippen LogP contribution in [0.25, 0.3) is 0 Å². The smallest absolute Gasteiger partial charge is 0.217 e. The number of likely N-dealkylation sites (N-methyl/N-ethyl adjacent to an activating group) is 1. The minimum absolute atomic E-state index is 0.00184. The highest BCUT2D eigenvalue weighted by Crippen LogP contribution is 2.18. The third kappa shape index (κ3) is 6.14. The fourth-order valence-corrected chi connectivity index (χ4v) is 3.42. The topological polar surface area (TPSA) is 41.6 Å². The van der Waals surface area contributed by atoms with E-state index in [1.165, 1.54) is 5.56 Å². The molecule has 1 aliphatic heterocycles. The van der Waals surface area contributed by atoms with E-state index < -0.39 is 0 Å². The highest BCUT2D eigenvalue weighted by atomic mass is 16.5. The summed E-state index contributed by atoms with van der Waals surface area (Å²) in [5.74, 6) is 7.32. The molecular formula is C24H28N2O2. The molecule has 1 saturated heterocycles. The molecule has 2 atom stereocenters. The van der Waals surface area contributed by atoms with Crippen LogP contribution in [0.15, 0.2) is 48.5 Å². The number of benzene rings is 2. The number of nitrogens with zero attached hydrogens (tertiary/aromatic N) is 1. The van der Waals surface area contributed by atoms with Crippen LogP contribution in [0.2, 0.25) is 0 Å². The Balaban J connectivity index is 1.55. The summed E-state index contributed by atoms with van der Waals surface area (Å²) in [6.45, 7) is 5.63. The van der Waals surface area contributed by atoms with E-state index in [4.69, 9.17) is 4.74 Å². The Kier molecular flexibility index (Phi) is 6.73. The van der Waals surface area contributed by atoms with Crippen LogP contribution in [-0.2, 0) is 11.2 Å². The van der Waals surface area contributed by atoms with Crippen LogP contribution in [0, 0.1) is 11.8 Å². The minimum atomic E-state index is 0.00184. The zero-order valence-corrected chi connectivity index (χ0v) is 16.9. The SMILES string of the molecule is CC(=O)NC(C)Cc1ccc(C#Cc2ccc(OC3CCN(C)C3)cc2)cc1. The highest BCUT2D eigenvalue weighted by Gasteiger charge is 2.20. The Morgan fingerprint density at radius 3 is 2.29 bits per heavy atom. The molecule has 146 valence electrons. The lowest BCUT2D eigenvalue weighted by atomic mass is 10.0. The van der Waals surface area contributed by atoms with E-state index in [0.717, 1.165) is 42.8 Å². The Bertz CT molecular complexity index is 847. The van der Waals surface area contributed by atoms with Gasteiger partial charge in [0, 0.05) is 37.2 Å². The first-order valence-corrected chi connectivity index (χ1v) is 9.81. The molecule has 0 saturated carbocycles. The number of carbonyl (C=O) groups excluding carboxylic acids is 1. The quantitative estimate of drug-likeness (QED) is 0.815. The maximum absolute atomic E-state index is 11.1. The van der Waals surface area contributed by atoms with Crippen LogP contribution in [0.5, 0.6) is 5.75 Å². The molecular weight excluding hydrogens is 348 g/mol. The van der Waals surface area contributed by atoms with Gasteiger partial charge in [-0.2, -0.15) is 0 Å². The third-order valence-corrected chi connectivity index (χ3v) is 4.80. The predicted octanol–water partition coefficient (Wildman–Crippen LogP) is 3.24. The zero-order chi connectivity index (χ0) is 19.9. The molecule has 4 nitrogen and oxygen atoms in total. The lowest BCUT2D eigenvalue weighted by Crippen LogP contribution is -2.31. The van der Waals surface area contributed by atoms with Crippen molar-refractivity contribution in [3.05, 3.63) is 65.2 Å². The summed E-state index contributed by atoms with van der Waals surface area (Å²) in [5, 5.41) is 2.90. The largest absolute Gasteiger partial charge is 0.489 e. The van der Waals surface area contributed by atoms with E-state index in [0.29, 0.717) is 0 Å². The molecule has 0 spiro atoms. The van der Waals surface area contributed by atoms with Gasteiger partial charge in [0.25, 0.3) is 0 Å². The maximum atomic E-state index is 11.1. The summed E-state index contributed by atoms with van der Waals surface area (Å²) in [6.07, 6.45) is 2.18. The Labute approximate surface area is 167 Å². The molecule has 0 radical (unpaired) electrons. The molecule has 4 heteroatoms. The predicted molar refractivity (Wildman–Crippen MR) is 112 cm³/mol. The molecule has 28 heavy (non-hydrogen) atoms. The van der Waals surface area contributed by atoms with Crippen molar-refractivity contribution in [1.82, 2.24) is 10.2 Å². The number of amides is 1. The molecule has 1 fully saturated rings. The minimum Gasteiger partial charge on any atom is -0.489 e. The van der Waals surface area contributed by atoms with Crippen LogP contribution in [0.4, 0.5) is 0 Å². The molecule has 1 aliphatic rings. The van der Waals surface area contributed by atoms with Crippen molar-refractivity contribution < 1.29 is 9.53 Å². The number of hydrogen-bond acceptors (Lipinski definition) is 3. The average molecular weight is 377 g/mol. The summed E-state index contributed by atoms with van der Waals surface area (Å²) in [6, 6.07) is 16.3. The molecule has 0 bridgehead atoms. The van der Waals surface area contributed by atoms with Crippen molar-refractivity contribution in [1.29, 1.82) is 0 Å². The van der Waals surface area contributed by atoms with E-state index in [1.807, 2.05) is 43.3 Å². The summed E-state index contributed by atoms with van der Waals surface area (Å²) >= 11 is 0. The molecule has 0 aromatic heterocycles. The Morgan fingerprint density at radius 2 is 1.75 bits per heavy atom. The van der Waals surface area contributed by atoms with Gasteiger partial charge in [-0.1, -0.05) is 24.0 Å². The number of ether oxygens (including phenoxy) is 1. The molecule has 3 rings (SSSR count). The van der Waals surface area contributed by atoms with Gasteiger partial charge < -0.3 is 15.0 Å². The first-order valence-electron chi connectivity index (χ1n) is 9.81. The lowest BCUT2D eigenvalue weighted by molar-refractivity contribution is -0.119. The second-order valence-electron chi connectivity index (χ2n) is 7.57. The fraction of sp³-hybridized carbons (Fsp3) is 0.375. The van der Waals surface area contributed by atoms with Crippen molar-refractivity contribution in [2.75, 3.05) is 20.1 Å². The van der Waals surface area contributed by atoms with E-state index in [-0.39, 0.29) is 18.1 Å². The monoisotopic (exact) mass is 376 g/mol. The summed E-state index contributed by atoms with van der Waals surface area (Å²) < 4.78 is 6.02. The molecule has 0 aliphatic carbocycles. The van der Waals surface area contributed by atoms with Crippen molar-refractivity contribution in [2.45, 2.75) is 38.8 Å². The van der Waals surface area contributed by atoms with Crippen molar-refractivity contribution >= 4 is 5.91 Å². The van der Waals surface area contributed by atoms with Gasteiger partial charge in [0.2, 0.25) is 5.91 Å².